The first-order valence-corrected chi connectivity index (χ1v) is 6.20. The first-order chi connectivity index (χ1) is 8.45. The molecule has 0 unspecified atom stereocenters. The minimum atomic E-state index is -1.32. The van der Waals surface area contributed by atoms with E-state index in [4.69, 9.17) is 15.6 Å². The zero-order chi connectivity index (χ0) is 13.4. The molecule has 2 rings (SSSR count). The number of hydrogen-bond donors (Lipinski definition) is 4. The molecule has 1 fully saturated rings. The second kappa shape index (κ2) is 5.09. The molecule has 1 aromatic rings. The van der Waals surface area contributed by atoms with Gasteiger partial charge in [0.25, 0.3) is 0 Å². The standard InChI is InChI=1S/C9H12IN3O5/c10-3-1-13(9(17)12-7(3)11)8-6(16)5(15)4(2-14)18-8/h1,4-6,8,14-16H,2H2,(H2,11,12,17)/t4-,5-,6+,8-/m1/s1. The third-order valence-corrected chi connectivity index (χ3v) is 3.56. The first-order valence-electron chi connectivity index (χ1n) is 5.12. The van der Waals surface area contributed by atoms with Crippen LogP contribution in [0.2, 0.25) is 0 Å². The van der Waals surface area contributed by atoms with E-state index >= 15 is 0 Å². The lowest BCUT2D eigenvalue weighted by atomic mass is 10.1. The lowest BCUT2D eigenvalue weighted by molar-refractivity contribution is -0.0550. The van der Waals surface area contributed by atoms with Crippen molar-refractivity contribution in [2.75, 3.05) is 12.3 Å². The average molecular weight is 369 g/mol. The van der Waals surface area contributed by atoms with Gasteiger partial charge in [-0.25, -0.2) is 4.79 Å². The van der Waals surface area contributed by atoms with Crippen molar-refractivity contribution in [2.24, 2.45) is 0 Å². The Balaban J connectivity index is 2.39. The van der Waals surface area contributed by atoms with Gasteiger partial charge in [-0.3, -0.25) is 4.57 Å². The predicted octanol–water partition coefficient (Wildman–Crippen LogP) is -1.96. The van der Waals surface area contributed by atoms with E-state index in [1.165, 1.54) is 6.20 Å². The van der Waals surface area contributed by atoms with Gasteiger partial charge in [0.1, 0.15) is 24.1 Å². The molecular weight excluding hydrogens is 357 g/mol. The van der Waals surface area contributed by atoms with Gasteiger partial charge in [-0.15, -0.1) is 0 Å². The van der Waals surface area contributed by atoms with Crippen LogP contribution in [0.3, 0.4) is 0 Å². The van der Waals surface area contributed by atoms with Crippen molar-refractivity contribution in [1.82, 2.24) is 9.55 Å². The van der Waals surface area contributed by atoms with E-state index in [9.17, 15) is 15.0 Å². The Bertz CT molecular complexity index is 507. The van der Waals surface area contributed by atoms with Crippen LogP contribution in [0.5, 0.6) is 0 Å². The maximum Gasteiger partial charge on any atom is 0.351 e. The van der Waals surface area contributed by atoms with Crippen molar-refractivity contribution in [3.05, 3.63) is 20.3 Å². The largest absolute Gasteiger partial charge is 0.394 e. The lowest BCUT2D eigenvalue weighted by Crippen LogP contribution is -2.36. The molecule has 1 aliphatic heterocycles. The Morgan fingerprint density at radius 3 is 2.72 bits per heavy atom. The van der Waals surface area contributed by atoms with Gasteiger partial charge in [-0.05, 0) is 22.6 Å². The van der Waals surface area contributed by atoms with Crippen LogP contribution in [-0.2, 0) is 4.74 Å². The molecule has 0 radical (unpaired) electrons. The van der Waals surface area contributed by atoms with Crippen LogP contribution in [-0.4, -0.2) is 49.8 Å². The van der Waals surface area contributed by atoms with Crippen molar-refractivity contribution < 1.29 is 20.1 Å². The number of nitrogen functional groups attached to an aromatic ring is 1. The molecule has 5 N–H and O–H groups in total. The second-order valence-corrected chi connectivity index (χ2v) is 5.05. The van der Waals surface area contributed by atoms with Crippen LogP contribution in [0, 0.1) is 3.57 Å². The van der Waals surface area contributed by atoms with E-state index in [0.717, 1.165) is 4.57 Å². The predicted molar refractivity (Wildman–Crippen MR) is 68.6 cm³/mol. The van der Waals surface area contributed by atoms with E-state index in [2.05, 4.69) is 4.98 Å². The Morgan fingerprint density at radius 2 is 2.17 bits per heavy atom. The van der Waals surface area contributed by atoms with Gasteiger partial charge in [0.05, 0.1) is 10.2 Å². The summed E-state index contributed by atoms with van der Waals surface area (Å²) >= 11 is 1.88. The Morgan fingerprint density at radius 1 is 1.50 bits per heavy atom. The number of ether oxygens (including phenoxy) is 1. The third-order valence-electron chi connectivity index (χ3n) is 2.73. The summed E-state index contributed by atoms with van der Waals surface area (Å²) in [7, 11) is 0. The molecule has 1 saturated heterocycles. The number of hydrogen-bond acceptors (Lipinski definition) is 7. The zero-order valence-corrected chi connectivity index (χ0v) is 11.3. The summed E-state index contributed by atoms with van der Waals surface area (Å²) in [5.41, 5.74) is 4.79. The smallest absolute Gasteiger partial charge is 0.351 e. The van der Waals surface area contributed by atoms with Crippen molar-refractivity contribution in [2.45, 2.75) is 24.5 Å². The Hall–Kier alpha value is -0.750. The van der Waals surface area contributed by atoms with E-state index in [1.54, 1.807) is 0 Å². The first kappa shape index (κ1) is 13.7. The number of nitrogens with zero attached hydrogens (tertiary/aromatic N) is 2. The van der Waals surface area contributed by atoms with E-state index < -0.39 is 36.8 Å². The molecule has 1 aromatic heterocycles. The fourth-order valence-corrected chi connectivity index (χ4v) is 2.17. The molecule has 0 saturated carbocycles. The van der Waals surface area contributed by atoms with Crippen LogP contribution in [0.1, 0.15) is 6.23 Å². The van der Waals surface area contributed by atoms with Gasteiger partial charge >= 0.3 is 5.69 Å². The molecule has 0 aromatic carbocycles. The monoisotopic (exact) mass is 369 g/mol. The van der Waals surface area contributed by atoms with Gasteiger partial charge in [0, 0.05) is 6.20 Å². The summed E-state index contributed by atoms with van der Waals surface area (Å²) < 4.78 is 6.79. The number of rotatable bonds is 2. The van der Waals surface area contributed by atoms with Crippen LogP contribution >= 0.6 is 22.6 Å². The highest BCUT2D eigenvalue weighted by atomic mass is 127. The molecule has 18 heavy (non-hydrogen) atoms. The lowest BCUT2D eigenvalue weighted by Gasteiger charge is -2.17. The molecule has 1 aliphatic rings. The zero-order valence-electron chi connectivity index (χ0n) is 9.10. The summed E-state index contributed by atoms with van der Waals surface area (Å²) in [6, 6.07) is 0. The maximum absolute atomic E-state index is 11.7. The van der Waals surface area contributed by atoms with Crippen molar-refractivity contribution in [1.29, 1.82) is 0 Å². The fraction of sp³-hybridized carbons (Fsp3) is 0.556. The van der Waals surface area contributed by atoms with Gasteiger partial charge in [-0.2, -0.15) is 4.98 Å². The topological polar surface area (TPSA) is 131 Å². The van der Waals surface area contributed by atoms with E-state index in [-0.39, 0.29) is 5.82 Å². The number of aromatic nitrogens is 2. The quantitative estimate of drug-likeness (QED) is 0.446. The summed E-state index contributed by atoms with van der Waals surface area (Å²) in [5, 5.41) is 28.4. The van der Waals surface area contributed by atoms with Gasteiger partial charge < -0.3 is 25.8 Å². The highest BCUT2D eigenvalue weighted by Crippen LogP contribution is 2.28. The third kappa shape index (κ3) is 2.23. The van der Waals surface area contributed by atoms with Crippen molar-refractivity contribution in [3.8, 4) is 0 Å². The molecule has 9 heteroatoms. The number of halogens is 1. The van der Waals surface area contributed by atoms with Crippen LogP contribution in [0.25, 0.3) is 0 Å². The summed E-state index contributed by atoms with van der Waals surface area (Å²) in [6.45, 7) is -0.455. The van der Waals surface area contributed by atoms with Gasteiger partial charge in [0.15, 0.2) is 6.23 Å². The van der Waals surface area contributed by atoms with Crippen LogP contribution in [0.15, 0.2) is 11.0 Å². The Kier molecular flexibility index (Phi) is 3.87. The molecule has 100 valence electrons. The van der Waals surface area contributed by atoms with E-state index in [0.29, 0.717) is 3.57 Å². The highest BCUT2D eigenvalue weighted by Gasteiger charge is 2.43. The minimum Gasteiger partial charge on any atom is -0.394 e. The highest BCUT2D eigenvalue weighted by molar-refractivity contribution is 14.1. The molecule has 4 atom stereocenters. The van der Waals surface area contributed by atoms with Crippen LogP contribution in [0.4, 0.5) is 5.82 Å². The summed E-state index contributed by atoms with van der Waals surface area (Å²) in [6.07, 6.45) is -3.23. The fourth-order valence-electron chi connectivity index (χ4n) is 1.75. The van der Waals surface area contributed by atoms with E-state index in [1.807, 2.05) is 22.6 Å². The molecular formula is C9H12IN3O5. The molecule has 0 spiro atoms. The number of anilines is 1. The molecule has 8 nitrogen and oxygen atoms in total. The molecule has 0 bridgehead atoms. The number of nitrogens with two attached hydrogens (primary N) is 1. The SMILES string of the molecule is Nc1nc(=O)n([C@@H]2O[C@H](CO)[C@@H](O)[C@@H]2O)cc1I. The maximum atomic E-state index is 11.7. The number of aliphatic hydroxyl groups excluding tert-OH is 3. The summed E-state index contributed by atoms with van der Waals surface area (Å²) in [5.74, 6) is 0.0867. The normalized spacial score (nSPS) is 31.8. The minimum absolute atomic E-state index is 0.0867. The molecule has 0 aliphatic carbocycles. The van der Waals surface area contributed by atoms with Crippen molar-refractivity contribution in [3.63, 3.8) is 0 Å². The number of aliphatic hydroxyl groups is 3. The van der Waals surface area contributed by atoms with Crippen molar-refractivity contribution >= 4 is 28.4 Å². The van der Waals surface area contributed by atoms with Gasteiger partial charge in [0.2, 0.25) is 0 Å². The van der Waals surface area contributed by atoms with Crippen LogP contribution < -0.4 is 11.4 Å². The molecule has 2 heterocycles. The second-order valence-electron chi connectivity index (χ2n) is 3.89. The summed E-state index contributed by atoms with van der Waals surface area (Å²) in [4.78, 5) is 15.2. The molecule has 0 amide bonds. The van der Waals surface area contributed by atoms with Gasteiger partial charge in [-0.1, -0.05) is 0 Å². The average Bonchev–Trinajstić information content (AvgIpc) is 2.61. The Labute approximate surface area is 115 Å².